The van der Waals surface area contributed by atoms with E-state index in [1.807, 2.05) is 12.1 Å². The van der Waals surface area contributed by atoms with E-state index < -0.39 is 0 Å². The predicted octanol–water partition coefficient (Wildman–Crippen LogP) is 3.22. The van der Waals surface area contributed by atoms with Gasteiger partial charge in [-0.25, -0.2) is 4.98 Å². The molecule has 1 saturated carbocycles. The molecule has 1 aromatic heterocycles. The molecule has 0 aromatic carbocycles. The molecule has 1 aliphatic rings. The maximum atomic E-state index is 10.7. The lowest BCUT2D eigenvalue weighted by molar-refractivity contribution is -0.111. The maximum Gasteiger partial charge on any atom is 0.171 e. The topological polar surface area (TPSA) is 39.2 Å². The van der Waals surface area contributed by atoms with Crippen molar-refractivity contribution in [3.63, 3.8) is 0 Å². The average Bonchev–Trinajstić information content (AvgIpc) is 2.39. The van der Waals surface area contributed by atoms with Crippen LogP contribution in [-0.2, 0) is 4.79 Å². The van der Waals surface area contributed by atoms with Gasteiger partial charge >= 0.3 is 0 Å². The molecule has 0 atom stereocenters. The van der Waals surface area contributed by atoms with Crippen LogP contribution in [-0.4, -0.2) is 18.4 Å². The number of carbonyl (C=O) groups is 1. The fraction of sp³-hybridized carbons (Fsp3) is 0.538. The van der Waals surface area contributed by atoms with Crippen LogP contribution in [0, 0.1) is 5.92 Å². The van der Waals surface area contributed by atoms with E-state index in [1.165, 1.54) is 0 Å². The van der Waals surface area contributed by atoms with Crippen LogP contribution in [0.25, 0.3) is 0 Å². The molecule has 1 aliphatic carbocycles. The molecule has 0 amide bonds. The Kier molecular flexibility index (Phi) is 4.00. The highest BCUT2D eigenvalue weighted by Crippen LogP contribution is 2.35. The van der Waals surface area contributed by atoms with Crippen LogP contribution in [0.3, 0.4) is 0 Å². The van der Waals surface area contributed by atoms with Crippen molar-refractivity contribution < 1.29 is 9.53 Å². The highest BCUT2D eigenvalue weighted by molar-refractivity contribution is 6.30. The molecule has 0 N–H and O–H groups in total. The fourth-order valence-electron chi connectivity index (χ4n) is 2.37. The normalized spacial score (nSPS) is 24.4. The minimum atomic E-state index is 0.236. The maximum absolute atomic E-state index is 10.7. The van der Waals surface area contributed by atoms with Crippen molar-refractivity contribution in [1.82, 2.24) is 4.98 Å². The molecule has 0 aliphatic heterocycles. The molecule has 4 heteroatoms. The van der Waals surface area contributed by atoms with Gasteiger partial charge in [-0.3, -0.25) is 0 Å². The van der Waals surface area contributed by atoms with Crippen LogP contribution in [0.2, 0.25) is 5.15 Å². The molecule has 1 heterocycles. The molecule has 0 bridgehead atoms. The number of hydrogen-bond donors (Lipinski definition) is 0. The molecule has 17 heavy (non-hydrogen) atoms. The summed E-state index contributed by atoms with van der Waals surface area (Å²) in [6.07, 6.45) is 5.02. The number of methoxy groups -OCH3 is 1. The molecule has 0 unspecified atom stereocenters. The first-order valence-corrected chi connectivity index (χ1v) is 6.28. The third-order valence-corrected chi connectivity index (χ3v) is 3.71. The summed E-state index contributed by atoms with van der Waals surface area (Å²) in [7, 11) is 1.58. The molecule has 0 radical (unpaired) electrons. The molecule has 1 aromatic rings. The lowest BCUT2D eigenvalue weighted by Gasteiger charge is -2.25. The van der Waals surface area contributed by atoms with Crippen LogP contribution in [0.1, 0.15) is 37.3 Å². The summed E-state index contributed by atoms with van der Waals surface area (Å²) in [6.45, 7) is 0. The van der Waals surface area contributed by atoms with E-state index >= 15 is 0 Å². The lowest BCUT2D eigenvalue weighted by atomic mass is 9.81. The zero-order valence-corrected chi connectivity index (χ0v) is 10.6. The van der Waals surface area contributed by atoms with Crippen molar-refractivity contribution in [1.29, 1.82) is 0 Å². The first-order valence-electron chi connectivity index (χ1n) is 5.90. The third kappa shape index (κ3) is 2.78. The van der Waals surface area contributed by atoms with Crippen LogP contribution in [0.5, 0.6) is 5.75 Å². The minimum Gasteiger partial charge on any atom is -0.494 e. The van der Waals surface area contributed by atoms with E-state index in [9.17, 15) is 4.79 Å². The number of nitrogens with zero attached hydrogens (tertiary/aromatic N) is 1. The monoisotopic (exact) mass is 253 g/mol. The van der Waals surface area contributed by atoms with Gasteiger partial charge < -0.3 is 9.53 Å². The van der Waals surface area contributed by atoms with E-state index in [2.05, 4.69) is 4.98 Å². The second kappa shape index (κ2) is 5.50. The second-order valence-corrected chi connectivity index (χ2v) is 4.83. The Balaban J connectivity index is 2.08. The van der Waals surface area contributed by atoms with Crippen molar-refractivity contribution in [2.75, 3.05) is 7.11 Å². The van der Waals surface area contributed by atoms with Gasteiger partial charge in [0.1, 0.15) is 6.29 Å². The SMILES string of the molecule is COc1ccc(C2CCC(C=O)CC2)nc1Cl. The number of carbonyl (C=O) groups excluding carboxylic acids is 1. The molecular weight excluding hydrogens is 238 g/mol. The number of aromatic nitrogens is 1. The zero-order chi connectivity index (χ0) is 12.3. The first-order chi connectivity index (χ1) is 8.24. The largest absolute Gasteiger partial charge is 0.494 e. The molecule has 1 fully saturated rings. The molecule has 0 saturated heterocycles. The van der Waals surface area contributed by atoms with Crippen molar-refractivity contribution in [3.8, 4) is 5.75 Å². The van der Waals surface area contributed by atoms with Gasteiger partial charge in [0.25, 0.3) is 0 Å². The highest BCUT2D eigenvalue weighted by Gasteiger charge is 2.23. The predicted molar refractivity (Wildman–Crippen MR) is 66.6 cm³/mol. The Bertz CT molecular complexity index is 400. The van der Waals surface area contributed by atoms with E-state index in [1.54, 1.807) is 7.11 Å². The Hall–Kier alpha value is -1.09. The Morgan fingerprint density at radius 3 is 2.59 bits per heavy atom. The van der Waals surface area contributed by atoms with Crippen molar-refractivity contribution >= 4 is 17.9 Å². The fourth-order valence-corrected chi connectivity index (χ4v) is 2.60. The van der Waals surface area contributed by atoms with E-state index in [0.717, 1.165) is 37.7 Å². The van der Waals surface area contributed by atoms with Gasteiger partial charge in [0.05, 0.1) is 7.11 Å². The van der Waals surface area contributed by atoms with E-state index in [4.69, 9.17) is 16.3 Å². The lowest BCUT2D eigenvalue weighted by Crippen LogP contribution is -2.15. The summed E-state index contributed by atoms with van der Waals surface area (Å²) >= 11 is 6.01. The summed E-state index contributed by atoms with van der Waals surface area (Å²) in [4.78, 5) is 15.1. The summed E-state index contributed by atoms with van der Waals surface area (Å²) in [5.74, 6) is 1.27. The number of halogens is 1. The summed E-state index contributed by atoms with van der Waals surface area (Å²) in [6, 6.07) is 3.83. The van der Waals surface area contributed by atoms with Crippen LogP contribution in [0.4, 0.5) is 0 Å². The second-order valence-electron chi connectivity index (χ2n) is 4.48. The van der Waals surface area contributed by atoms with Gasteiger partial charge in [0.2, 0.25) is 0 Å². The minimum absolute atomic E-state index is 0.236. The van der Waals surface area contributed by atoms with Gasteiger partial charge in [-0.05, 0) is 37.8 Å². The van der Waals surface area contributed by atoms with Crippen LogP contribution in [0.15, 0.2) is 12.1 Å². The van der Waals surface area contributed by atoms with Gasteiger partial charge in [-0.1, -0.05) is 11.6 Å². The number of pyridine rings is 1. The highest BCUT2D eigenvalue weighted by atomic mass is 35.5. The zero-order valence-electron chi connectivity index (χ0n) is 9.86. The number of rotatable bonds is 3. The molecule has 3 nitrogen and oxygen atoms in total. The van der Waals surface area contributed by atoms with Gasteiger partial charge in [-0.15, -0.1) is 0 Å². The molecule has 0 spiro atoms. The Morgan fingerprint density at radius 2 is 2.06 bits per heavy atom. The number of ether oxygens (including phenoxy) is 1. The Labute approximate surface area is 106 Å². The molecule has 2 rings (SSSR count). The summed E-state index contributed by atoms with van der Waals surface area (Å²) in [5, 5.41) is 0.419. The van der Waals surface area contributed by atoms with E-state index in [-0.39, 0.29) is 5.92 Å². The quantitative estimate of drug-likeness (QED) is 0.613. The van der Waals surface area contributed by atoms with E-state index in [0.29, 0.717) is 16.8 Å². The standard InChI is InChI=1S/C13H16ClNO2/c1-17-12-7-6-11(15-13(12)14)10-4-2-9(8-16)3-5-10/h6-10H,2-5H2,1H3. The summed E-state index contributed by atoms with van der Waals surface area (Å²) in [5.41, 5.74) is 1.01. The summed E-state index contributed by atoms with van der Waals surface area (Å²) < 4.78 is 5.08. The number of hydrogen-bond acceptors (Lipinski definition) is 3. The van der Waals surface area contributed by atoms with Gasteiger partial charge in [0.15, 0.2) is 10.9 Å². The van der Waals surface area contributed by atoms with Crippen molar-refractivity contribution in [3.05, 3.63) is 23.0 Å². The van der Waals surface area contributed by atoms with Gasteiger partial charge in [-0.2, -0.15) is 0 Å². The average molecular weight is 254 g/mol. The Morgan fingerprint density at radius 1 is 1.35 bits per heavy atom. The van der Waals surface area contributed by atoms with Crippen LogP contribution >= 0.6 is 11.6 Å². The third-order valence-electron chi connectivity index (χ3n) is 3.44. The molecular formula is C13H16ClNO2. The number of aldehydes is 1. The van der Waals surface area contributed by atoms with Crippen LogP contribution < -0.4 is 4.74 Å². The van der Waals surface area contributed by atoms with Gasteiger partial charge in [0, 0.05) is 17.5 Å². The molecule has 92 valence electrons. The van der Waals surface area contributed by atoms with Crippen molar-refractivity contribution in [2.45, 2.75) is 31.6 Å². The first kappa shape index (κ1) is 12.4. The van der Waals surface area contributed by atoms with Crippen molar-refractivity contribution in [2.24, 2.45) is 5.92 Å². The smallest absolute Gasteiger partial charge is 0.171 e.